The van der Waals surface area contributed by atoms with Crippen LogP contribution in [0.25, 0.3) is 0 Å². The molecule has 0 saturated carbocycles. The third-order valence-corrected chi connectivity index (χ3v) is 2.57. The van der Waals surface area contributed by atoms with Crippen LogP contribution in [-0.4, -0.2) is 22.5 Å². The molecule has 0 amide bonds. The summed E-state index contributed by atoms with van der Waals surface area (Å²) in [6.45, 7) is 1.85. The number of halogens is 3. The van der Waals surface area contributed by atoms with Crippen molar-refractivity contribution in [1.29, 1.82) is 0 Å². The summed E-state index contributed by atoms with van der Waals surface area (Å²) in [5.74, 6) is -3.42. The van der Waals surface area contributed by atoms with Crippen LogP contribution in [0.5, 0.6) is 0 Å². The average Bonchev–Trinajstić information content (AvgIpc) is 2.82. The largest absolute Gasteiger partial charge is 0.461 e. The predicted octanol–water partition coefficient (Wildman–Crippen LogP) is 2.59. The highest BCUT2D eigenvalue weighted by Crippen LogP contribution is 2.17. The number of aromatic amines is 1. The summed E-state index contributed by atoms with van der Waals surface area (Å²) in [7, 11) is 0. The van der Waals surface area contributed by atoms with Gasteiger partial charge in [0, 0.05) is 24.1 Å². The summed E-state index contributed by atoms with van der Waals surface area (Å²) in [6, 6.07) is 1.18. The Balaban J connectivity index is 2.21. The lowest BCUT2D eigenvalue weighted by Gasteiger charge is -2.03. The van der Waals surface area contributed by atoms with E-state index in [1.165, 1.54) is 6.20 Å². The number of rotatable bonds is 4. The Kier molecular flexibility index (Phi) is 4.07. The van der Waals surface area contributed by atoms with Crippen molar-refractivity contribution in [3.05, 3.63) is 52.9 Å². The van der Waals surface area contributed by atoms with Crippen LogP contribution >= 0.6 is 0 Å². The molecular weight excluding hydrogens is 273 g/mol. The van der Waals surface area contributed by atoms with Crippen molar-refractivity contribution in [3.63, 3.8) is 0 Å². The minimum absolute atomic E-state index is 0.0878. The van der Waals surface area contributed by atoms with Crippen molar-refractivity contribution in [3.8, 4) is 0 Å². The van der Waals surface area contributed by atoms with Crippen molar-refractivity contribution < 1.29 is 22.7 Å². The zero-order valence-corrected chi connectivity index (χ0v) is 10.5. The monoisotopic (exact) mass is 284 g/mol. The van der Waals surface area contributed by atoms with Crippen molar-refractivity contribution >= 4 is 5.97 Å². The molecule has 0 aliphatic rings. The topological polar surface area (TPSA) is 55.0 Å². The van der Waals surface area contributed by atoms with E-state index in [0.717, 1.165) is 0 Å². The molecule has 0 fully saturated rings. The lowest BCUT2D eigenvalue weighted by Crippen LogP contribution is -2.05. The Labute approximate surface area is 112 Å². The summed E-state index contributed by atoms with van der Waals surface area (Å²) >= 11 is 0. The standard InChI is InChI=1S/C13H11F3N2O2/c1-2-20-13(19)11-6-17-12(18-11)5-8-9(15)3-7(14)4-10(8)16/h3-4,6H,2,5H2,1H3,(H,17,18). The number of nitrogens with zero attached hydrogens (tertiary/aromatic N) is 1. The van der Waals surface area contributed by atoms with Crippen LogP contribution in [0.2, 0.25) is 0 Å². The fraction of sp³-hybridized carbons (Fsp3) is 0.231. The van der Waals surface area contributed by atoms with Crippen LogP contribution in [0.4, 0.5) is 13.2 Å². The molecule has 7 heteroatoms. The number of hydrogen-bond acceptors (Lipinski definition) is 3. The molecule has 2 rings (SSSR count). The number of esters is 1. The van der Waals surface area contributed by atoms with E-state index >= 15 is 0 Å². The molecule has 1 aromatic heterocycles. The summed E-state index contributed by atoms with van der Waals surface area (Å²) < 4.78 is 44.5. The van der Waals surface area contributed by atoms with Crippen molar-refractivity contribution in [2.24, 2.45) is 0 Å². The first kappa shape index (κ1) is 14.1. The summed E-state index contributed by atoms with van der Waals surface area (Å²) in [6.07, 6.45) is 0.990. The maximum absolute atomic E-state index is 13.5. The van der Waals surface area contributed by atoms with Gasteiger partial charge in [-0.3, -0.25) is 0 Å². The number of ether oxygens (including phenoxy) is 1. The van der Waals surface area contributed by atoms with Crippen molar-refractivity contribution in [2.75, 3.05) is 6.61 Å². The molecule has 0 bridgehead atoms. The molecule has 0 aliphatic carbocycles. The fourth-order valence-corrected chi connectivity index (χ4v) is 1.67. The Morgan fingerprint density at radius 2 is 1.95 bits per heavy atom. The highest BCUT2D eigenvalue weighted by atomic mass is 19.1. The van der Waals surface area contributed by atoms with Crippen LogP contribution in [0, 0.1) is 17.5 Å². The fourth-order valence-electron chi connectivity index (χ4n) is 1.67. The van der Waals surface area contributed by atoms with Gasteiger partial charge >= 0.3 is 5.97 Å². The lowest BCUT2D eigenvalue weighted by atomic mass is 10.1. The van der Waals surface area contributed by atoms with Gasteiger partial charge in [-0.1, -0.05) is 0 Å². The zero-order valence-electron chi connectivity index (χ0n) is 10.5. The molecule has 1 N–H and O–H groups in total. The second-order valence-electron chi connectivity index (χ2n) is 3.99. The molecule has 0 aliphatic heterocycles. The lowest BCUT2D eigenvalue weighted by molar-refractivity contribution is 0.0520. The number of imidazole rings is 1. The normalized spacial score (nSPS) is 10.6. The zero-order chi connectivity index (χ0) is 14.7. The molecule has 1 heterocycles. The van der Waals surface area contributed by atoms with Gasteiger partial charge < -0.3 is 9.72 Å². The average molecular weight is 284 g/mol. The van der Waals surface area contributed by atoms with Crippen LogP contribution in [0.1, 0.15) is 28.8 Å². The molecule has 1 aromatic carbocycles. The minimum atomic E-state index is -1.00. The molecule has 0 unspecified atom stereocenters. The van der Waals surface area contributed by atoms with Gasteiger partial charge in [0.2, 0.25) is 0 Å². The van der Waals surface area contributed by atoms with Gasteiger partial charge in [0.15, 0.2) is 0 Å². The van der Waals surface area contributed by atoms with Crippen LogP contribution in [0.15, 0.2) is 18.3 Å². The van der Waals surface area contributed by atoms with Gasteiger partial charge in [0.25, 0.3) is 0 Å². The number of carbonyl (C=O) groups excluding carboxylic acids is 1. The first-order chi connectivity index (χ1) is 9.51. The predicted molar refractivity (Wildman–Crippen MR) is 63.7 cm³/mol. The molecule has 2 aromatic rings. The number of H-pyrrole nitrogens is 1. The first-order valence-corrected chi connectivity index (χ1v) is 5.85. The van der Waals surface area contributed by atoms with E-state index in [1.807, 2.05) is 0 Å². The van der Waals surface area contributed by atoms with Gasteiger partial charge in [-0.25, -0.2) is 22.9 Å². The van der Waals surface area contributed by atoms with Gasteiger partial charge in [-0.05, 0) is 6.92 Å². The van der Waals surface area contributed by atoms with E-state index in [2.05, 4.69) is 9.97 Å². The molecule has 106 valence electrons. The smallest absolute Gasteiger partial charge is 0.356 e. The number of carbonyl (C=O) groups is 1. The highest BCUT2D eigenvalue weighted by molar-refractivity contribution is 5.86. The Hall–Kier alpha value is -2.31. The van der Waals surface area contributed by atoms with Crippen LogP contribution in [-0.2, 0) is 11.2 Å². The number of benzene rings is 1. The van der Waals surface area contributed by atoms with Gasteiger partial charge in [-0.15, -0.1) is 0 Å². The number of nitrogens with one attached hydrogen (secondary N) is 1. The molecular formula is C13H11F3N2O2. The molecule has 0 radical (unpaired) electrons. The second-order valence-corrected chi connectivity index (χ2v) is 3.99. The molecule has 0 saturated heterocycles. The third kappa shape index (κ3) is 2.98. The summed E-state index contributed by atoms with van der Waals surface area (Å²) in [5, 5.41) is 0. The molecule has 0 spiro atoms. The highest BCUT2D eigenvalue weighted by Gasteiger charge is 2.15. The van der Waals surface area contributed by atoms with Crippen LogP contribution < -0.4 is 0 Å². The minimum Gasteiger partial charge on any atom is -0.461 e. The Morgan fingerprint density at radius 1 is 1.30 bits per heavy atom. The van der Waals surface area contributed by atoms with E-state index in [9.17, 15) is 18.0 Å². The molecule has 20 heavy (non-hydrogen) atoms. The molecule has 0 atom stereocenters. The van der Waals surface area contributed by atoms with E-state index in [4.69, 9.17) is 4.74 Å². The first-order valence-electron chi connectivity index (χ1n) is 5.85. The second kappa shape index (κ2) is 5.77. The van der Waals surface area contributed by atoms with E-state index in [-0.39, 0.29) is 30.1 Å². The van der Waals surface area contributed by atoms with E-state index in [1.54, 1.807) is 6.92 Å². The maximum Gasteiger partial charge on any atom is 0.356 e. The van der Waals surface area contributed by atoms with E-state index in [0.29, 0.717) is 12.1 Å². The van der Waals surface area contributed by atoms with E-state index < -0.39 is 23.4 Å². The van der Waals surface area contributed by atoms with Gasteiger partial charge in [-0.2, -0.15) is 0 Å². The van der Waals surface area contributed by atoms with Crippen molar-refractivity contribution in [2.45, 2.75) is 13.3 Å². The van der Waals surface area contributed by atoms with Crippen molar-refractivity contribution in [1.82, 2.24) is 9.97 Å². The molecule has 4 nitrogen and oxygen atoms in total. The summed E-state index contributed by atoms with van der Waals surface area (Å²) in [5.41, 5.74) is -0.235. The number of aromatic nitrogens is 2. The van der Waals surface area contributed by atoms with Crippen LogP contribution in [0.3, 0.4) is 0 Å². The summed E-state index contributed by atoms with van der Waals surface area (Å²) in [4.78, 5) is 17.8. The third-order valence-electron chi connectivity index (χ3n) is 2.57. The Bertz CT molecular complexity index is 617. The van der Waals surface area contributed by atoms with Gasteiger partial charge in [0.05, 0.1) is 12.8 Å². The van der Waals surface area contributed by atoms with Gasteiger partial charge in [0.1, 0.15) is 29.0 Å². The SMILES string of the molecule is CCOC(=O)c1cnc(Cc2c(F)cc(F)cc2F)[nH]1. The quantitative estimate of drug-likeness (QED) is 0.878. The number of hydrogen-bond donors (Lipinski definition) is 1. The maximum atomic E-state index is 13.5. The Morgan fingerprint density at radius 3 is 2.55 bits per heavy atom.